The van der Waals surface area contributed by atoms with E-state index in [1.54, 1.807) is 31.4 Å². The Labute approximate surface area is 186 Å². The number of methoxy groups -OCH3 is 1. The highest BCUT2D eigenvalue weighted by Gasteiger charge is 2.18. The first kappa shape index (κ1) is 24.1. The standard InChI is InChI=1S/C20H24Cl2N2O5S/c1-28-18-5-7-19(8-6-18)29-11-9-23-20(25)4-3-10-24(30(2,26)27)17-13-15(21)12-16(22)14-17/h5-8,12-14H,3-4,9-11H2,1-2H3,(H,23,25). The minimum Gasteiger partial charge on any atom is -0.497 e. The molecular weight excluding hydrogens is 451 g/mol. The molecule has 0 saturated heterocycles. The van der Waals surface area contributed by atoms with Gasteiger partial charge in [-0.2, -0.15) is 0 Å². The van der Waals surface area contributed by atoms with Crippen molar-refractivity contribution in [1.29, 1.82) is 0 Å². The highest BCUT2D eigenvalue weighted by molar-refractivity contribution is 7.92. The van der Waals surface area contributed by atoms with Gasteiger partial charge in [-0.25, -0.2) is 8.42 Å². The summed E-state index contributed by atoms with van der Waals surface area (Å²) in [6.07, 6.45) is 1.60. The van der Waals surface area contributed by atoms with Gasteiger partial charge in [0, 0.05) is 23.0 Å². The lowest BCUT2D eigenvalue weighted by molar-refractivity contribution is -0.121. The second-order valence-corrected chi connectivity index (χ2v) is 9.22. The molecule has 0 atom stereocenters. The maximum atomic E-state index is 12.1. The van der Waals surface area contributed by atoms with E-state index in [2.05, 4.69) is 5.32 Å². The average Bonchev–Trinajstić information content (AvgIpc) is 2.67. The van der Waals surface area contributed by atoms with E-state index in [1.807, 2.05) is 0 Å². The van der Waals surface area contributed by atoms with Crippen LogP contribution in [-0.4, -0.2) is 47.4 Å². The predicted octanol–water partition coefficient (Wildman–Crippen LogP) is 3.74. The van der Waals surface area contributed by atoms with Crippen molar-refractivity contribution in [1.82, 2.24) is 5.32 Å². The number of carbonyl (C=O) groups is 1. The molecule has 1 amide bonds. The number of amides is 1. The van der Waals surface area contributed by atoms with Crippen LogP contribution in [0.2, 0.25) is 10.0 Å². The van der Waals surface area contributed by atoms with Crippen molar-refractivity contribution in [2.75, 3.05) is 37.4 Å². The average molecular weight is 475 g/mol. The number of benzene rings is 2. The zero-order chi connectivity index (χ0) is 22.1. The molecule has 0 radical (unpaired) electrons. The van der Waals surface area contributed by atoms with Crippen LogP contribution in [0, 0.1) is 0 Å². The highest BCUT2D eigenvalue weighted by Crippen LogP contribution is 2.27. The SMILES string of the molecule is COc1ccc(OCCNC(=O)CCCN(c2cc(Cl)cc(Cl)c2)S(C)(=O)=O)cc1. The predicted molar refractivity (Wildman–Crippen MR) is 119 cm³/mol. The van der Waals surface area contributed by atoms with E-state index in [9.17, 15) is 13.2 Å². The van der Waals surface area contributed by atoms with Gasteiger partial charge in [0.1, 0.15) is 18.1 Å². The van der Waals surface area contributed by atoms with E-state index in [1.165, 1.54) is 22.5 Å². The normalized spacial score (nSPS) is 11.1. The lowest BCUT2D eigenvalue weighted by Gasteiger charge is -2.22. The summed E-state index contributed by atoms with van der Waals surface area (Å²) >= 11 is 11.9. The first-order valence-corrected chi connectivity index (χ1v) is 11.8. The smallest absolute Gasteiger partial charge is 0.232 e. The van der Waals surface area contributed by atoms with E-state index in [-0.39, 0.29) is 18.9 Å². The minimum atomic E-state index is -3.55. The van der Waals surface area contributed by atoms with Crippen LogP contribution in [0.3, 0.4) is 0 Å². The van der Waals surface area contributed by atoms with Crippen molar-refractivity contribution in [3.05, 3.63) is 52.5 Å². The van der Waals surface area contributed by atoms with Gasteiger partial charge in [-0.1, -0.05) is 23.2 Å². The Kier molecular flexibility index (Phi) is 9.08. The van der Waals surface area contributed by atoms with Gasteiger partial charge in [-0.3, -0.25) is 9.10 Å². The van der Waals surface area contributed by atoms with Crippen molar-refractivity contribution < 1.29 is 22.7 Å². The maximum Gasteiger partial charge on any atom is 0.232 e. The monoisotopic (exact) mass is 474 g/mol. The minimum absolute atomic E-state index is 0.130. The lowest BCUT2D eigenvalue weighted by atomic mass is 10.2. The molecule has 0 aliphatic carbocycles. The molecule has 1 N–H and O–H groups in total. The fourth-order valence-electron chi connectivity index (χ4n) is 2.67. The van der Waals surface area contributed by atoms with Crippen LogP contribution in [0.5, 0.6) is 11.5 Å². The number of anilines is 1. The number of nitrogens with one attached hydrogen (secondary N) is 1. The molecule has 0 aliphatic rings. The second kappa shape index (κ2) is 11.3. The van der Waals surface area contributed by atoms with Gasteiger partial charge in [-0.15, -0.1) is 0 Å². The van der Waals surface area contributed by atoms with Crippen molar-refractivity contribution in [2.24, 2.45) is 0 Å². The summed E-state index contributed by atoms with van der Waals surface area (Å²) in [5.41, 5.74) is 0.364. The first-order valence-electron chi connectivity index (χ1n) is 9.16. The third-order valence-corrected chi connectivity index (χ3v) is 5.68. The molecule has 2 aromatic rings. The molecule has 0 bridgehead atoms. The van der Waals surface area contributed by atoms with E-state index in [0.29, 0.717) is 41.1 Å². The molecule has 0 saturated carbocycles. The third kappa shape index (κ3) is 7.93. The number of sulfonamides is 1. The van der Waals surface area contributed by atoms with E-state index < -0.39 is 10.0 Å². The van der Waals surface area contributed by atoms with Crippen LogP contribution >= 0.6 is 23.2 Å². The molecule has 2 rings (SSSR count). The van der Waals surface area contributed by atoms with Crippen LogP contribution in [0.25, 0.3) is 0 Å². The Bertz CT molecular complexity index is 932. The summed E-state index contributed by atoms with van der Waals surface area (Å²) in [5, 5.41) is 3.42. The van der Waals surface area contributed by atoms with Crippen LogP contribution in [0.1, 0.15) is 12.8 Å². The summed E-state index contributed by atoms with van der Waals surface area (Å²) in [6, 6.07) is 11.7. The third-order valence-electron chi connectivity index (χ3n) is 4.05. The van der Waals surface area contributed by atoms with Gasteiger partial charge < -0.3 is 14.8 Å². The highest BCUT2D eigenvalue weighted by atomic mass is 35.5. The molecule has 2 aromatic carbocycles. The molecule has 10 heteroatoms. The van der Waals surface area contributed by atoms with Crippen molar-refractivity contribution in [2.45, 2.75) is 12.8 Å². The van der Waals surface area contributed by atoms with Gasteiger partial charge in [0.15, 0.2) is 0 Å². The van der Waals surface area contributed by atoms with Crippen molar-refractivity contribution in [3.8, 4) is 11.5 Å². The number of ether oxygens (including phenoxy) is 2. The van der Waals surface area contributed by atoms with Crippen LogP contribution in [-0.2, 0) is 14.8 Å². The summed E-state index contributed by atoms with van der Waals surface area (Å²) in [6.45, 7) is 0.782. The zero-order valence-electron chi connectivity index (χ0n) is 16.7. The van der Waals surface area contributed by atoms with E-state index in [0.717, 1.165) is 12.0 Å². The van der Waals surface area contributed by atoms with Crippen LogP contribution in [0.15, 0.2) is 42.5 Å². The number of rotatable bonds is 11. The molecule has 0 aliphatic heterocycles. The quantitative estimate of drug-likeness (QED) is 0.501. The Hall–Kier alpha value is -2.16. The molecular formula is C20H24Cl2N2O5S. The molecule has 7 nitrogen and oxygen atoms in total. The van der Waals surface area contributed by atoms with Crippen molar-refractivity contribution >= 4 is 44.8 Å². The fourth-order valence-corrected chi connectivity index (χ4v) is 4.14. The van der Waals surface area contributed by atoms with Gasteiger partial charge in [0.2, 0.25) is 15.9 Å². The Morgan fingerprint density at radius 1 is 1.07 bits per heavy atom. The summed E-state index contributed by atoms with van der Waals surface area (Å²) < 4.78 is 36.1. The Balaban J connectivity index is 1.77. The van der Waals surface area contributed by atoms with E-state index >= 15 is 0 Å². The summed E-state index contributed by atoms with van der Waals surface area (Å²) in [4.78, 5) is 12.0. The van der Waals surface area contributed by atoms with Gasteiger partial charge in [0.25, 0.3) is 0 Å². The fraction of sp³-hybridized carbons (Fsp3) is 0.350. The second-order valence-electron chi connectivity index (χ2n) is 6.44. The number of hydrogen-bond donors (Lipinski definition) is 1. The zero-order valence-corrected chi connectivity index (χ0v) is 19.1. The van der Waals surface area contributed by atoms with Crippen molar-refractivity contribution in [3.63, 3.8) is 0 Å². The Morgan fingerprint density at radius 3 is 2.23 bits per heavy atom. The molecule has 0 spiro atoms. The van der Waals surface area contributed by atoms with Gasteiger partial charge in [-0.05, 0) is 48.9 Å². The Morgan fingerprint density at radius 2 is 1.67 bits per heavy atom. The molecule has 0 unspecified atom stereocenters. The molecule has 164 valence electrons. The summed E-state index contributed by atoms with van der Waals surface area (Å²) in [7, 11) is -1.96. The molecule has 0 heterocycles. The number of nitrogens with zero attached hydrogens (tertiary/aromatic N) is 1. The first-order chi connectivity index (χ1) is 14.2. The van der Waals surface area contributed by atoms with E-state index in [4.69, 9.17) is 32.7 Å². The molecule has 0 fully saturated rings. The van der Waals surface area contributed by atoms with Crippen LogP contribution < -0.4 is 19.1 Å². The van der Waals surface area contributed by atoms with Gasteiger partial charge >= 0.3 is 0 Å². The topological polar surface area (TPSA) is 84.9 Å². The summed E-state index contributed by atoms with van der Waals surface area (Å²) in [5.74, 6) is 1.22. The number of hydrogen-bond acceptors (Lipinski definition) is 5. The number of halogens is 2. The lowest BCUT2D eigenvalue weighted by Crippen LogP contribution is -2.33. The van der Waals surface area contributed by atoms with Gasteiger partial charge in [0.05, 0.1) is 25.6 Å². The number of carbonyl (C=O) groups excluding carboxylic acids is 1. The van der Waals surface area contributed by atoms with Crippen LogP contribution in [0.4, 0.5) is 5.69 Å². The molecule has 0 aromatic heterocycles. The maximum absolute atomic E-state index is 12.1. The largest absolute Gasteiger partial charge is 0.497 e. The molecule has 30 heavy (non-hydrogen) atoms.